The summed E-state index contributed by atoms with van der Waals surface area (Å²) in [6, 6.07) is 5.77. The minimum atomic E-state index is -0.197. The van der Waals surface area contributed by atoms with Gasteiger partial charge >= 0.3 is 5.97 Å². The molecular weight excluding hydrogens is 260 g/mol. The number of halogens is 1. The molecule has 0 spiro atoms. The van der Waals surface area contributed by atoms with E-state index >= 15 is 0 Å². The van der Waals surface area contributed by atoms with Crippen molar-refractivity contribution in [2.45, 2.75) is 12.8 Å². The van der Waals surface area contributed by atoms with Crippen LogP contribution in [0.1, 0.15) is 12.0 Å². The molecule has 0 N–H and O–H groups in total. The molecule has 0 saturated heterocycles. The summed E-state index contributed by atoms with van der Waals surface area (Å²) >= 11 is 3.37. The first-order chi connectivity index (χ1) is 7.17. The number of hydrogen-bond donors (Lipinski definition) is 0. The molecule has 0 radical (unpaired) electrons. The van der Waals surface area contributed by atoms with Gasteiger partial charge in [-0.05, 0) is 40.0 Å². The molecule has 0 aliphatic heterocycles. The van der Waals surface area contributed by atoms with Gasteiger partial charge in [-0.3, -0.25) is 4.79 Å². The topological polar surface area (TPSA) is 35.5 Å². The second-order valence-corrected chi connectivity index (χ2v) is 3.90. The number of esters is 1. The Morgan fingerprint density at radius 2 is 2.13 bits per heavy atom. The molecule has 0 fully saturated rings. The van der Waals surface area contributed by atoms with E-state index in [4.69, 9.17) is 4.74 Å². The lowest BCUT2D eigenvalue weighted by Gasteiger charge is -2.06. The molecule has 0 saturated carbocycles. The Balaban J connectivity index is 2.66. The van der Waals surface area contributed by atoms with Gasteiger partial charge < -0.3 is 9.47 Å². The van der Waals surface area contributed by atoms with E-state index in [1.165, 1.54) is 7.11 Å². The predicted octanol–water partition coefficient (Wildman–Crippen LogP) is 2.56. The van der Waals surface area contributed by atoms with Crippen LogP contribution in [-0.4, -0.2) is 20.2 Å². The molecule has 0 aliphatic carbocycles. The van der Waals surface area contributed by atoms with Gasteiger partial charge in [0.1, 0.15) is 5.75 Å². The predicted molar refractivity (Wildman–Crippen MR) is 61.0 cm³/mol. The second kappa shape index (κ2) is 5.75. The van der Waals surface area contributed by atoms with Crippen LogP contribution in [-0.2, 0) is 16.0 Å². The Labute approximate surface area is 97.5 Å². The number of carbonyl (C=O) groups excluding carboxylic acids is 1. The molecule has 82 valence electrons. The minimum absolute atomic E-state index is 0.197. The van der Waals surface area contributed by atoms with E-state index < -0.39 is 0 Å². The standard InChI is InChI=1S/C11H13BrO3/c1-14-10-7-8(3-5-9(10)12)4-6-11(13)15-2/h3,5,7H,4,6H2,1-2H3. The van der Waals surface area contributed by atoms with Crippen molar-refractivity contribution in [3.63, 3.8) is 0 Å². The zero-order valence-electron chi connectivity index (χ0n) is 8.75. The zero-order chi connectivity index (χ0) is 11.3. The molecule has 1 aromatic rings. The van der Waals surface area contributed by atoms with Crippen molar-refractivity contribution < 1.29 is 14.3 Å². The number of methoxy groups -OCH3 is 2. The summed E-state index contributed by atoms with van der Waals surface area (Å²) in [6.07, 6.45) is 1.05. The number of rotatable bonds is 4. The lowest BCUT2D eigenvalue weighted by atomic mass is 10.1. The molecule has 4 heteroatoms. The zero-order valence-corrected chi connectivity index (χ0v) is 10.3. The summed E-state index contributed by atoms with van der Waals surface area (Å²) in [5.74, 6) is 0.578. The van der Waals surface area contributed by atoms with Crippen LogP contribution in [0.2, 0.25) is 0 Å². The van der Waals surface area contributed by atoms with E-state index in [0.717, 1.165) is 15.8 Å². The molecule has 0 heterocycles. The van der Waals surface area contributed by atoms with E-state index in [1.807, 2.05) is 18.2 Å². The van der Waals surface area contributed by atoms with Gasteiger partial charge in [-0.2, -0.15) is 0 Å². The van der Waals surface area contributed by atoms with Gasteiger partial charge in [-0.15, -0.1) is 0 Å². The summed E-state index contributed by atoms with van der Waals surface area (Å²) in [5.41, 5.74) is 1.06. The van der Waals surface area contributed by atoms with Gasteiger partial charge in [-0.25, -0.2) is 0 Å². The van der Waals surface area contributed by atoms with E-state index in [2.05, 4.69) is 20.7 Å². The molecule has 0 aliphatic rings. The first kappa shape index (κ1) is 12.0. The Bertz CT molecular complexity index is 350. The summed E-state index contributed by atoms with van der Waals surface area (Å²) in [7, 11) is 3.01. The number of ether oxygens (including phenoxy) is 2. The summed E-state index contributed by atoms with van der Waals surface area (Å²) in [5, 5.41) is 0. The highest BCUT2D eigenvalue weighted by atomic mass is 79.9. The van der Waals surface area contributed by atoms with Crippen molar-refractivity contribution in [1.29, 1.82) is 0 Å². The highest BCUT2D eigenvalue weighted by Gasteiger charge is 2.04. The molecule has 0 unspecified atom stereocenters. The molecule has 0 aromatic heterocycles. The van der Waals surface area contributed by atoms with Gasteiger partial charge in [0.15, 0.2) is 0 Å². The van der Waals surface area contributed by atoms with Gasteiger partial charge in [0.25, 0.3) is 0 Å². The molecule has 3 nitrogen and oxygen atoms in total. The third kappa shape index (κ3) is 3.55. The fraction of sp³-hybridized carbons (Fsp3) is 0.364. The van der Waals surface area contributed by atoms with E-state index in [1.54, 1.807) is 7.11 Å². The fourth-order valence-electron chi connectivity index (χ4n) is 1.21. The normalized spacial score (nSPS) is 9.80. The van der Waals surface area contributed by atoms with E-state index in [9.17, 15) is 4.79 Å². The van der Waals surface area contributed by atoms with E-state index in [0.29, 0.717) is 12.8 Å². The maximum atomic E-state index is 10.9. The smallest absolute Gasteiger partial charge is 0.305 e. The monoisotopic (exact) mass is 272 g/mol. The Hall–Kier alpha value is -1.03. The average molecular weight is 273 g/mol. The van der Waals surface area contributed by atoms with Crippen molar-refractivity contribution in [3.8, 4) is 5.75 Å². The Morgan fingerprint density at radius 1 is 1.40 bits per heavy atom. The van der Waals surface area contributed by atoms with Crippen LogP contribution in [0.5, 0.6) is 5.75 Å². The third-order valence-corrected chi connectivity index (χ3v) is 2.72. The van der Waals surface area contributed by atoms with Gasteiger partial charge in [0.2, 0.25) is 0 Å². The SMILES string of the molecule is COC(=O)CCc1ccc(Br)c(OC)c1. The maximum Gasteiger partial charge on any atom is 0.305 e. The molecule has 15 heavy (non-hydrogen) atoms. The van der Waals surface area contributed by atoms with Crippen LogP contribution >= 0.6 is 15.9 Å². The van der Waals surface area contributed by atoms with Crippen LogP contribution < -0.4 is 4.74 Å². The summed E-state index contributed by atoms with van der Waals surface area (Å²) in [4.78, 5) is 10.9. The number of hydrogen-bond acceptors (Lipinski definition) is 3. The van der Waals surface area contributed by atoms with Crippen LogP contribution in [0.15, 0.2) is 22.7 Å². The number of aryl methyl sites for hydroxylation is 1. The highest BCUT2D eigenvalue weighted by molar-refractivity contribution is 9.10. The second-order valence-electron chi connectivity index (χ2n) is 3.05. The van der Waals surface area contributed by atoms with Crippen LogP contribution in [0.4, 0.5) is 0 Å². The fourth-order valence-corrected chi connectivity index (χ4v) is 1.62. The summed E-state index contributed by atoms with van der Waals surface area (Å²) < 4.78 is 10.6. The van der Waals surface area contributed by atoms with Crippen molar-refractivity contribution >= 4 is 21.9 Å². The van der Waals surface area contributed by atoms with Crippen molar-refractivity contribution in [1.82, 2.24) is 0 Å². The first-order valence-electron chi connectivity index (χ1n) is 4.56. The number of benzene rings is 1. The Kier molecular flexibility index (Phi) is 4.62. The van der Waals surface area contributed by atoms with Gasteiger partial charge in [-0.1, -0.05) is 6.07 Å². The average Bonchev–Trinajstić information content (AvgIpc) is 2.27. The highest BCUT2D eigenvalue weighted by Crippen LogP contribution is 2.25. The van der Waals surface area contributed by atoms with Crippen molar-refractivity contribution in [2.24, 2.45) is 0 Å². The number of carbonyl (C=O) groups is 1. The van der Waals surface area contributed by atoms with E-state index in [-0.39, 0.29) is 5.97 Å². The van der Waals surface area contributed by atoms with Crippen LogP contribution in [0, 0.1) is 0 Å². The first-order valence-corrected chi connectivity index (χ1v) is 5.36. The molecular formula is C11H13BrO3. The quantitative estimate of drug-likeness (QED) is 0.791. The van der Waals surface area contributed by atoms with Gasteiger partial charge in [0, 0.05) is 6.42 Å². The molecule has 0 atom stereocenters. The van der Waals surface area contributed by atoms with Crippen molar-refractivity contribution in [3.05, 3.63) is 28.2 Å². The Morgan fingerprint density at radius 3 is 2.73 bits per heavy atom. The lowest BCUT2D eigenvalue weighted by Crippen LogP contribution is -2.02. The molecule has 0 bridgehead atoms. The minimum Gasteiger partial charge on any atom is -0.496 e. The van der Waals surface area contributed by atoms with Crippen LogP contribution in [0.3, 0.4) is 0 Å². The molecule has 1 aromatic carbocycles. The van der Waals surface area contributed by atoms with Gasteiger partial charge in [0.05, 0.1) is 18.7 Å². The molecule has 0 amide bonds. The van der Waals surface area contributed by atoms with Crippen LogP contribution in [0.25, 0.3) is 0 Å². The molecule has 1 rings (SSSR count). The van der Waals surface area contributed by atoms with Crippen molar-refractivity contribution in [2.75, 3.05) is 14.2 Å². The lowest BCUT2D eigenvalue weighted by molar-refractivity contribution is -0.140. The maximum absolute atomic E-state index is 10.9. The largest absolute Gasteiger partial charge is 0.496 e. The third-order valence-electron chi connectivity index (χ3n) is 2.06. The summed E-state index contributed by atoms with van der Waals surface area (Å²) in [6.45, 7) is 0.